The van der Waals surface area contributed by atoms with E-state index in [1.807, 2.05) is 23.2 Å². The van der Waals surface area contributed by atoms with Crippen molar-refractivity contribution in [3.05, 3.63) is 47.2 Å². The van der Waals surface area contributed by atoms with Crippen LogP contribution < -0.4 is 4.90 Å². The molecule has 0 saturated carbocycles. The number of carbonyl (C=O) groups excluding carboxylic acids is 2. The van der Waals surface area contributed by atoms with E-state index >= 15 is 0 Å². The molecule has 8 nitrogen and oxygen atoms in total. The number of rotatable bonds is 5. The number of carbonyl (C=O) groups is 2. The number of nitrogens with zero attached hydrogens (tertiary/aromatic N) is 6. The summed E-state index contributed by atoms with van der Waals surface area (Å²) >= 11 is 0. The molecule has 33 heavy (non-hydrogen) atoms. The molecule has 1 atom stereocenters. The minimum absolute atomic E-state index is 0.0430. The first-order valence-corrected chi connectivity index (χ1v) is 12.2. The third-order valence-corrected chi connectivity index (χ3v) is 7.08. The van der Waals surface area contributed by atoms with E-state index in [9.17, 15) is 9.59 Å². The molecule has 5 rings (SSSR count). The maximum Gasteiger partial charge on any atom is 0.242 e. The number of fused-ring (bicyclic) bond motifs is 1. The van der Waals surface area contributed by atoms with Crippen molar-refractivity contribution in [2.24, 2.45) is 0 Å². The van der Waals surface area contributed by atoms with Gasteiger partial charge in [0.25, 0.3) is 0 Å². The summed E-state index contributed by atoms with van der Waals surface area (Å²) < 4.78 is 0. The van der Waals surface area contributed by atoms with Gasteiger partial charge in [-0.15, -0.1) is 0 Å². The zero-order valence-corrected chi connectivity index (χ0v) is 19.4. The van der Waals surface area contributed by atoms with E-state index in [1.54, 1.807) is 4.90 Å². The lowest BCUT2D eigenvalue weighted by molar-refractivity contribution is -0.139. The minimum atomic E-state index is 0.0430. The molecular weight excluding hydrogens is 416 g/mol. The Morgan fingerprint density at radius 2 is 1.91 bits per heavy atom. The highest BCUT2D eigenvalue weighted by molar-refractivity contribution is 5.86. The summed E-state index contributed by atoms with van der Waals surface area (Å²) in [5, 5.41) is 0. The molecule has 8 heteroatoms. The molecule has 3 aliphatic rings. The molecule has 0 aromatic carbocycles. The molecule has 2 aromatic rings. The van der Waals surface area contributed by atoms with Crippen LogP contribution >= 0.6 is 0 Å². The Morgan fingerprint density at radius 3 is 2.70 bits per heavy atom. The van der Waals surface area contributed by atoms with Crippen molar-refractivity contribution in [1.29, 1.82) is 0 Å². The fourth-order valence-corrected chi connectivity index (χ4v) is 5.28. The normalized spacial score (nSPS) is 20.8. The van der Waals surface area contributed by atoms with Crippen LogP contribution in [0.1, 0.15) is 60.8 Å². The monoisotopic (exact) mass is 448 g/mol. The number of likely N-dealkylation sites (tertiary alicyclic amines) is 2. The zero-order valence-electron chi connectivity index (χ0n) is 19.4. The summed E-state index contributed by atoms with van der Waals surface area (Å²) in [4.78, 5) is 45.2. The number of hydrogen-bond donors (Lipinski definition) is 0. The van der Waals surface area contributed by atoms with Crippen LogP contribution in [0.15, 0.2) is 24.4 Å². The third kappa shape index (κ3) is 4.70. The van der Waals surface area contributed by atoms with Crippen LogP contribution in [0.4, 0.5) is 5.82 Å². The van der Waals surface area contributed by atoms with Crippen molar-refractivity contribution in [2.45, 2.75) is 57.9 Å². The molecule has 5 heterocycles. The van der Waals surface area contributed by atoms with Gasteiger partial charge in [-0.2, -0.15) is 0 Å². The molecule has 174 valence electrons. The molecule has 0 N–H and O–H groups in total. The van der Waals surface area contributed by atoms with Gasteiger partial charge >= 0.3 is 0 Å². The summed E-state index contributed by atoms with van der Waals surface area (Å²) in [5.41, 5.74) is 3.32. The zero-order chi connectivity index (χ0) is 22.8. The Kier molecular flexibility index (Phi) is 6.24. The lowest BCUT2D eigenvalue weighted by Crippen LogP contribution is -2.45. The van der Waals surface area contributed by atoms with Crippen molar-refractivity contribution in [3.63, 3.8) is 0 Å². The smallest absolute Gasteiger partial charge is 0.242 e. The quantitative estimate of drug-likeness (QED) is 0.699. The highest BCUT2D eigenvalue weighted by atomic mass is 16.2. The van der Waals surface area contributed by atoms with E-state index < -0.39 is 0 Å². The van der Waals surface area contributed by atoms with Gasteiger partial charge in [0.15, 0.2) is 0 Å². The SMILES string of the molecule is Cc1nc(C2CCCN(C(=O)CN3CCCC3=O)C2)nc2c1CCCN2Cc1ccccn1. The van der Waals surface area contributed by atoms with Crippen LogP contribution in [0, 0.1) is 6.92 Å². The van der Waals surface area contributed by atoms with Gasteiger partial charge < -0.3 is 14.7 Å². The summed E-state index contributed by atoms with van der Waals surface area (Å²) in [5.74, 6) is 2.13. The molecule has 0 aliphatic carbocycles. The number of aryl methyl sites for hydroxylation is 1. The highest BCUT2D eigenvalue weighted by Crippen LogP contribution is 2.32. The molecule has 1 unspecified atom stereocenters. The molecule has 2 saturated heterocycles. The Labute approximate surface area is 195 Å². The predicted molar refractivity (Wildman–Crippen MR) is 125 cm³/mol. The standard InChI is InChI=1S/C25H32N6O2/c1-18-21-9-5-14-31(16-20-8-2-3-11-26-20)25(21)28-24(27-18)19-7-4-12-29(15-19)23(33)17-30-13-6-10-22(30)32/h2-3,8,11,19H,4-7,9-10,12-17H2,1H3. The van der Waals surface area contributed by atoms with E-state index in [1.165, 1.54) is 5.56 Å². The number of anilines is 1. The molecule has 2 amide bonds. The number of amides is 2. The van der Waals surface area contributed by atoms with Crippen molar-refractivity contribution < 1.29 is 9.59 Å². The van der Waals surface area contributed by atoms with Crippen molar-refractivity contribution in [2.75, 3.05) is 37.6 Å². The van der Waals surface area contributed by atoms with Crippen LogP contribution in [0.3, 0.4) is 0 Å². The summed E-state index contributed by atoms with van der Waals surface area (Å²) in [6, 6.07) is 6.01. The fourth-order valence-electron chi connectivity index (χ4n) is 5.28. The number of aromatic nitrogens is 3. The molecule has 0 bridgehead atoms. The molecule has 3 aliphatic heterocycles. The van der Waals surface area contributed by atoms with Gasteiger partial charge in [-0.1, -0.05) is 6.07 Å². The summed E-state index contributed by atoms with van der Waals surface area (Å²) in [7, 11) is 0. The van der Waals surface area contributed by atoms with Crippen LogP contribution in [0.2, 0.25) is 0 Å². The predicted octanol–water partition coefficient (Wildman–Crippen LogP) is 2.46. The van der Waals surface area contributed by atoms with Gasteiger partial charge in [-0.25, -0.2) is 9.97 Å². The van der Waals surface area contributed by atoms with Crippen LogP contribution in [-0.2, 0) is 22.6 Å². The van der Waals surface area contributed by atoms with Gasteiger partial charge in [-0.05, 0) is 51.2 Å². The number of hydrogen-bond acceptors (Lipinski definition) is 6. The summed E-state index contributed by atoms with van der Waals surface area (Å²) in [6.45, 7) is 6.04. The minimum Gasteiger partial charge on any atom is -0.350 e. The van der Waals surface area contributed by atoms with Gasteiger partial charge in [0, 0.05) is 56.0 Å². The molecule has 2 aromatic heterocycles. The lowest BCUT2D eigenvalue weighted by atomic mass is 9.96. The average molecular weight is 449 g/mol. The van der Waals surface area contributed by atoms with Gasteiger partial charge in [0.1, 0.15) is 11.6 Å². The summed E-state index contributed by atoms with van der Waals surface area (Å²) in [6.07, 6.45) is 7.25. The number of pyridine rings is 1. The molecule has 2 fully saturated rings. The average Bonchev–Trinajstić information content (AvgIpc) is 3.24. The fraction of sp³-hybridized carbons (Fsp3) is 0.560. The van der Waals surface area contributed by atoms with Gasteiger partial charge in [-0.3, -0.25) is 14.6 Å². The first-order chi connectivity index (χ1) is 16.1. The van der Waals surface area contributed by atoms with Crippen molar-refractivity contribution in [3.8, 4) is 0 Å². The molecular formula is C25H32N6O2. The number of piperidine rings is 1. The van der Waals surface area contributed by atoms with Crippen LogP contribution in [-0.4, -0.2) is 69.3 Å². The second-order valence-corrected chi connectivity index (χ2v) is 9.41. The van der Waals surface area contributed by atoms with Crippen molar-refractivity contribution >= 4 is 17.6 Å². The first-order valence-electron chi connectivity index (χ1n) is 12.2. The maximum absolute atomic E-state index is 12.9. The second-order valence-electron chi connectivity index (χ2n) is 9.41. The lowest BCUT2D eigenvalue weighted by Gasteiger charge is -2.35. The van der Waals surface area contributed by atoms with E-state index in [-0.39, 0.29) is 24.3 Å². The highest BCUT2D eigenvalue weighted by Gasteiger charge is 2.31. The molecule has 0 spiro atoms. The largest absolute Gasteiger partial charge is 0.350 e. The van der Waals surface area contributed by atoms with Crippen molar-refractivity contribution in [1.82, 2.24) is 24.8 Å². The van der Waals surface area contributed by atoms with E-state index in [0.29, 0.717) is 19.5 Å². The Balaban J connectivity index is 1.33. The van der Waals surface area contributed by atoms with E-state index in [4.69, 9.17) is 9.97 Å². The Bertz CT molecular complexity index is 1030. The topological polar surface area (TPSA) is 82.5 Å². The van der Waals surface area contributed by atoms with Crippen LogP contribution in [0.25, 0.3) is 0 Å². The first kappa shape index (κ1) is 21.8. The Hall–Kier alpha value is -3.03. The van der Waals surface area contributed by atoms with Gasteiger partial charge in [0.05, 0.1) is 18.8 Å². The van der Waals surface area contributed by atoms with E-state index in [0.717, 1.165) is 74.8 Å². The Morgan fingerprint density at radius 1 is 1.06 bits per heavy atom. The second kappa shape index (κ2) is 9.45. The van der Waals surface area contributed by atoms with Crippen LogP contribution in [0.5, 0.6) is 0 Å². The maximum atomic E-state index is 12.9. The third-order valence-electron chi connectivity index (χ3n) is 7.08. The molecule has 0 radical (unpaired) electrons. The van der Waals surface area contributed by atoms with Gasteiger partial charge in [0.2, 0.25) is 11.8 Å². The van der Waals surface area contributed by atoms with E-state index in [2.05, 4.69) is 22.9 Å².